The van der Waals surface area contributed by atoms with E-state index in [0.29, 0.717) is 5.92 Å². The molecule has 0 aromatic heterocycles. The van der Waals surface area contributed by atoms with E-state index in [-0.39, 0.29) is 0 Å². The van der Waals surface area contributed by atoms with Gasteiger partial charge in [-0.25, -0.2) is 0 Å². The van der Waals surface area contributed by atoms with Crippen LogP contribution in [-0.2, 0) is 6.54 Å². The van der Waals surface area contributed by atoms with Crippen molar-refractivity contribution in [3.05, 3.63) is 35.4 Å². The Bertz CT molecular complexity index is 342. The minimum absolute atomic E-state index is 0.633. The summed E-state index contributed by atoms with van der Waals surface area (Å²) in [5.74, 6) is 0.633. The molecule has 0 amide bonds. The number of rotatable bonds is 3. The fourth-order valence-corrected chi connectivity index (χ4v) is 2.78. The zero-order chi connectivity index (χ0) is 12.4. The maximum absolute atomic E-state index is 2.63. The molecule has 1 aromatic carbocycles. The van der Waals surface area contributed by atoms with E-state index in [2.05, 4.69) is 56.9 Å². The van der Waals surface area contributed by atoms with Gasteiger partial charge in [0.05, 0.1) is 0 Å². The molecule has 0 saturated carbocycles. The second-order valence-corrected chi connectivity index (χ2v) is 5.84. The lowest BCUT2D eigenvalue weighted by Gasteiger charge is -2.26. The van der Waals surface area contributed by atoms with Crippen molar-refractivity contribution >= 4 is 0 Å². The second kappa shape index (κ2) is 5.22. The van der Waals surface area contributed by atoms with Crippen molar-refractivity contribution in [2.75, 3.05) is 0 Å². The van der Waals surface area contributed by atoms with Gasteiger partial charge >= 0.3 is 0 Å². The SMILES string of the molecule is CC(C)c1ccc(CN2C(C)CCC2C)cc1. The van der Waals surface area contributed by atoms with Gasteiger partial charge in [0.15, 0.2) is 0 Å². The van der Waals surface area contributed by atoms with Gasteiger partial charge in [0.2, 0.25) is 0 Å². The van der Waals surface area contributed by atoms with Crippen LogP contribution in [-0.4, -0.2) is 17.0 Å². The number of hydrogen-bond donors (Lipinski definition) is 0. The van der Waals surface area contributed by atoms with Crippen LogP contribution in [0.1, 0.15) is 57.6 Å². The molecular weight excluding hydrogens is 206 g/mol. The van der Waals surface area contributed by atoms with E-state index >= 15 is 0 Å². The first kappa shape index (κ1) is 12.6. The van der Waals surface area contributed by atoms with E-state index in [0.717, 1.165) is 18.6 Å². The molecule has 0 aliphatic carbocycles. The molecule has 0 N–H and O–H groups in total. The highest BCUT2D eigenvalue weighted by Gasteiger charge is 2.26. The fraction of sp³-hybridized carbons (Fsp3) is 0.625. The Hall–Kier alpha value is -0.820. The van der Waals surface area contributed by atoms with Crippen LogP contribution in [0.15, 0.2) is 24.3 Å². The van der Waals surface area contributed by atoms with Crippen molar-refractivity contribution in [1.29, 1.82) is 0 Å². The van der Waals surface area contributed by atoms with Crippen LogP contribution in [0, 0.1) is 0 Å². The molecule has 0 spiro atoms. The van der Waals surface area contributed by atoms with Gasteiger partial charge in [-0.1, -0.05) is 38.1 Å². The van der Waals surface area contributed by atoms with Gasteiger partial charge in [0, 0.05) is 18.6 Å². The maximum Gasteiger partial charge on any atom is 0.0239 e. The minimum atomic E-state index is 0.633. The molecule has 1 nitrogen and oxygen atoms in total. The van der Waals surface area contributed by atoms with Gasteiger partial charge in [-0.3, -0.25) is 4.90 Å². The summed E-state index contributed by atoms with van der Waals surface area (Å²) in [6.45, 7) is 10.3. The summed E-state index contributed by atoms with van der Waals surface area (Å²) >= 11 is 0. The molecule has 17 heavy (non-hydrogen) atoms. The lowest BCUT2D eigenvalue weighted by molar-refractivity contribution is 0.205. The molecule has 1 aromatic rings. The van der Waals surface area contributed by atoms with Crippen LogP contribution in [0.2, 0.25) is 0 Å². The van der Waals surface area contributed by atoms with Gasteiger partial charge in [-0.15, -0.1) is 0 Å². The van der Waals surface area contributed by atoms with E-state index in [1.807, 2.05) is 0 Å². The first-order valence-corrected chi connectivity index (χ1v) is 6.92. The molecule has 2 atom stereocenters. The molecular formula is C16H25N. The number of nitrogens with zero attached hydrogens (tertiary/aromatic N) is 1. The van der Waals surface area contributed by atoms with Crippen LogP contribution in [0.4, 0.5) is 0 Å². The molecule has 2 rings (SSSR count). The van der Waals surface area contributed by atoms with Crippen molar-refractivity contribution in [3.63, 3.8) is 0 Å². The summed E-state index contributed by atoms with van der Waals surface area (Å²) in [7, 11) is 0. The van der Waals surface area contributed by atoms with Crippen LogP contribution in [0.5, 0.6) is 0 Å². The molecule has 94 valence electrons. The monoisotopic (exact) mass is 231 g/mol. The largest absolute Gasteiger partial charge is 0.294 e. The van der Waals surface area contributed by atoms with E-state index in [1.165, 1.54) is 24.0 Å². The van der Waals surface area contributed by atoms with Crippen molar-refractivity contribution < 1.29 is 0 Å². The van der Waals surface area contributed by atoms with E-state index in [4.69, 9.17) is 0 Å². The fourth-order valence-electron chi connectivity index (χ4n) is 2.78. The Kier molecular flexibility index (Phi) is 3.88. The molecule has 1 heteroatoms. The Balaban J connectivity index is 2.03. The third-order valence-corrected chi connectivity index (χ3v) is 4.15. The second-order valence-electron chi connectivity index (χ2n) is 5.84. The van der Waals surface area contributed by atoms with E-state index < -0.39 is 0 Å². The predicted molar refractivity (Wildman–Crippen MR) is 74.2 cm³/mol. The predicted octanol–water partition coefficient (Wildman–Crippen LogP) is 4.18. The Morgan fingerprint density at radius 3 is 2.06 bits per heavy atom. The highest BCUT2D eigenvalue weighted by molar-refractivity contribution is 5.24. The highest BCUT2D eigenvalue weighted by atomic mass is 15.2. The molecule has 1 saturated heterocycles. The minimum Gasteiger partial charge on any atom is -0.294 e. The van der Waals surface area contributed by atoms with Crippen molar-refractivity contribution in [2.24, 2.45) is 0 Å². The molecule has 0 bridgehead atoms. The standard InChI is InChI=1S/C16H25N/c1-12(2)16-9-7-15(8-10-16)11-17-13(3)5-6-14(17)4/h7-10,12-14H,5-6,11H2,1-4H3. The van der Waals surface area contributed by atoms with Crippen LogP contribution >= 0.6 is 0 Å². The zero-order valence-electron chi connectivity index (χ0n) is 11.6. The van der Waals surface area contributed by atoms with Gasteiger partial charge in [-0.2, -0.15) is 0 Å². The molecule has 0 radical (unpaired) electrons. The first-order valence-electron chi connectivity index (χ1n) is 6.92. The van der Waals surface area contributed by atoms with Crippen molar-refractivity contribution in [3.8, 4) is 0 Å². The number of benzene rings is 1. The normalized spacial score (nSPS) is 25.7. The summed E-state index contributed by atoms with van der Waals surface area (Å²) < 4.78 is 0. The first-order chi connectivity index (χ1) is 8.08. The number of likely N-dealkylation sites (tertiary alicyclic amines) is 1. The third-order valence-electron chi connectivity index (χ3n) is 4.15. The third kappa shape index (κ3) is 2.90. The van der Waals surface area contributed by atoms with Gasteiger partial charge in [-0.05, 0) is 43.7 Å². The average molecular weight is 231 g/mol. The van der Waals surface area contributed by atoms with E-state index in [9.17, 15) is 0 Å². The summed E-state index contributed by atoms with van der Waals surface area (Å²) in [6, 6.07) is 10.7. The Morgan fingerprint density at radius 1 is 1.06 bits per heavy atom. The Morgan fingerprint density at radius 2 is 1.59 bits per heavy atom. The van der Waals surface area contributed by atoms with Crippen molar-refractivity contribution in [2.45, 2.75) is 65.1 Å². The highest BCUT2D eigenvalue weighted by Crippen LogP contribution is 2.26. The average Bonchev–Trinajstić information content (AvgIpc) is 2.61. The molecule has 1 aliphatic heterocycles. The maximum atomic E-state index is 2.63. The molecule has 1 heterocycles. The van der Waals surface area contributed by atoms with Crippen molar-refractivity contribution in [1.82, 2.24) is 4.90 Å². The van der Waals surface area contributed by atoms with Gasteiger partial charge in [0.1, 0.15) is 0 Å². The van der Waals surface area contributed by atoms with Gasteiger partial charge in [0.25, 0.3) is 0 Å². The summed E-state index contributed by atoms with van der Waals surface area (Å²) in [6.07, 6.45) is 2.70. The van der Waals surface area contributed by atoms with Crippen LogP contribution in [0.3, 0.4) is 0 Å². The smallest absolute Gasteiger partial charge is 0.0239 e. The van der Waals surface area contributed by atoms with Gasteiger partial charge < -0.3 is 0 Å². The topological polar surface area (TPSA) is 3.24 Å². The van der Waals surface area contributed by atoms with Crippen LogP contribution < -0.4 is 0 Å². The lowest BCUT2D eigenvalue weighted by Crippen LogP contribution is -2.31. The number of hydrogen-bond acceptors (Lipinski definition) is 1. The Labute approximate surface area is 106 Å². The molecule has 2 unspecified atom stereocenters. The summed E-state index contributed by atoms with van der Waals surface area (Å²) in [4.78, 5) is 2.63. The quantitative estimate of drug-likeness (QED) is 0.754. The lowest BCUT2D eigenvalue weighted by atomic mass is 10.0. The van der Waals surface area contributed by atoms with Crippen LogP contribution in [0.25, 0.3) is 0 Å². The summed E-state index contributed by atoms with van der Waals surface area (Å²) in [5.41, 5.74) is 2.89. The zero-order valence-corrected chi connectivity index (χ0v) is 11.6. The van der Waals surface area contributed by atoms with E-state index in [1.54, 1.807) is 0 Å². The molecule has 1 fully saturated rings. The molecule has 1 aliphatic rings. The summed E-state index contributed by atoms with van der Waals surface area (Å²) in [5, 5.41) is 0.